The van der Waals surface area contributed by atoms with Crippen molar-refractivity contribution >= 4 is 44.7 Å². The summed E-state index contributed by atoms with van der Waals surface area (Å²) in [5, 5.41) is 16.5. The van der Waals surface area contributed by atoms with Crippen LogP contribution in [0.5, 0.6) is 0 Å². The molecule has 34 heavy (non-hydrogen) atoms. The van der Waals surface area contributed by atoms with E-state index in [9.17, 15) is 0 Å². The minimum Gasteiger partial charge on any atom is -0.300 e. The lowest BCUT2D eigenvalue weighted by Crippen LogP contribution is -2.23. The highest BCUT2D eigenvalue weighted by atomic mass is 32.2. The molecule has 0 aliphatic rings. The molecule has 0 saturated carbocycles. The monoisotopic (exact) mass is 506 g/mol. The topological polar surface area (TPSA) is 59.7 Å². The van der Waals surface area contributed by atoms with E-state index in [2.05, 4.69) is 87.8 Å². The summed E-state index contributed by atoms with van der Waals surface area (Å²) in [7, 11) is 4.19. The molecule has 0 aliphatic carbocycles. The number of hydrogen-bond donors (Lipinski definition) is 0. The van der Waals surface area contributed by atoms with Crippen molar-refractivity contribution < 1.29 is 0 Å². The van der Waals surface area contributed by atoms with E-state index >= 15 is 0 Å². The van der Waals surface area contributed by atoms with Crippen LogP contribution in [-0.4, -0.2) is 43.7 Å². The molecule has 4 aromatic heterocycles. The predicted molar refractivity (Wildman–Crippen MR) is 142 cm³/mol. The Morgan fingerprint density at radius 2 is 1.85 bits per heavy atom. The van der Waals surface area contributed by atoms with Crippen molar-refractivity contribution in [2.75, 3.05) is 14.1 Å². The SMILES string of the molecule is CCC(c1nnc(Sc2nc(C)nc3scc(-c4cccs4)c23)n1Cc1ccccc1)N(C)C. The smallest absolute Gasteiger partial charge is 0.197 e. The maximum Gasteiger partial charge on any atom is 0.197 e. The third-order valence-corrected chi connectivity index (χ3v) is 8.47. The van der Waals surface area contributed by atoms with Crippen molar-refractivity contribution in [3.8, 4) is 10.4 Å². The molecule has 6 nitrogen and oxygen atoms in total. The molecule has 0 saturated heterocycles. The van der Waals surface area contributed by atoms with Crippen LogP contribution in [0.2, 0.25) is 0 Å². The van der Waals surface area contributed by atoms with Gasteiger partial charge in [-0.25, -0.2) is 9.97 Å². The van der Waals surface area contributed by atoms with Gasteiger partial charge in [0.15, 0.2) is 11.0 Å². The van der Waals surface area contributed by atoms with E-state index in [1.165, 1.54) is 16.0 Å². The molecular formula is C25H26N6S3. The van der Waals surface area contributed by atoms with Crippen LogP contribution in [0.15, 0.2) is 63.4 Å². The minimum atomic E-state index is 0.181. The number of aromatic nitrogens is 5. The van der Waals surface area contributed by atoms with Crippen LogP contribution in [0.3, 0.4) is 0 Å². The normalized spacial score (nSPS) is 12.6. The molecule has 5 rings (SSSR count). The average Bonchev–Trinajstić information content (AvgIpc) is 3.56. The molecule has 0 amide bonds. The molecule has 5 aromatic rings. The molecule has 174 valence electrons. The summed E-state index contributed by atoms with van der Waals surface area (Å²) in [6, 6.07) is 14.9. The Morgan fingerprint density at radius 3 is 2.56 bits per heavy atom. The molecule has 0 bridgehead atoms. The lowest BCUT2D eigenvalue weighted by molar-refractivity contribution is 0.272. The fraction of sp³-hybridized carbons (Fsp3) is 0.280. The zero-order chi connectivity index (χ0) is 23.7. The van der Waals surface area contributed by atoms with Gasteiger partial charge in [-0.3, -0.25) is 9.47 Å². The number of rotatable bonds is 8. The minimum absolute atomic E-state index is 0.181. The Morgan fingerprint density at radius 1 is 1.03 bits per heavy atom. The number of hydrogen-bond acceptors (Lipinski definition) is 8. The van der Waals surface area contributed by atoms with Crippen molar-refractivity contribution in [3.63, 3.8) is 0 Å². The van der Waals surface area contributed by atoms with Crippen molar-refractivity contribution in [1.82, 2.24) is 29.6 Å². The fourth-order valence-corrected chi connectivity index (χ4v) is 6.98. The molecule has 1 unspecified atom stereocenters. The number of aryl methyl sites for hydroxylation is 1. The molecule has 0 spiro atoms. The summed E-state index contributed by atoms with van der Waals surface area (Å²) in [6.45, 7) is 4.85. The largest absolute Gasteiger partial charge is 0.300 e. The van der Waals surface area contributed by atoms with Gasteiger partial charge in [-0.1, -0.05) is 43.3 Å². The van der Waals surface area contributed by atoms with Gasteiger partial charge in [0, 0.05) is 15.8 Å². The summed E-state index contributed by atoms with van der Waals surface area (Å²) in [5.41, 5.74) is 2.41. The number of thiophene rings is 2. The third-order valence-electron chi connectivity index (χ3n) is 5.72. The Bertz CT molecular complexity index is 1390. The highest BCUT2D eigenvalue weighted by Crippen LogP contribution is 2.42. The maximum absolute atomic E-state index is 4.87. The van der Waals surface area contributed by atoms with E-state index in [1.54, 1.807) is 34.4 Å². The Labute approximate surface area is 211 Å². The molecule has 1 aromatic carbocycles. The van der Waals surface area contributed by atoms with Crippen molar-refractivity contribution in [2.24, 2.45) is 0 Å². The molecule has 0 aliphatic heterocycles. The highest BCUT2D eigenvalue weighted by Gasteiger charge is 2.24. The number of fused-ring (bicyclic) bond motifs is 1. The van der Waals surface area contributed by atoms with Crippen LogP contribution in [0.4, 0.5) is 0 Å². The molecule has 0 fully saturated rings. The average molecular weight is 507 g/mol. The van der Waals surface area contributed by atoms with Crippen LogP contribution >= 0.6 is 34.4 Å². The van der Waals surface area contributed by atoms with E-state index in [-0.39, 0.29) is 6.04 Å². The molecule has 0 N–H and O–H groups in total. The molecule has 4 heterocycles. The molecule has 9 heteroatoms. The fourth-order valence-electron chi connectivity index (χ4n) is 4.10. The number of nitrogens with zero attached hydrogens (tertiary/aromatic N) is 6. The van der Waals surface area contributed by atoms with Crippen molar-refractivity contribution in [1.29, 1.82) is 0 Å². The van der Waals surface area contributed by atoms with Gasteiger partial charge in [-0.2, -0.15) is 0 Å². The van der Waals surface area contributed by atoms with Gasteiger partial charge in [0.1, 0.15) is 15.7 Å². The lowest BCUT2D eigenvalue weighted by atomic mass is 10.2. The maximum atomic E-state index is 4.87. The second kappa shape index (κ2) is 9.95. The van der Waals surface area contributed by atoms with E-state index in [0.717, 1.165) is 38.5 Å². The second-order valence-corrected chi connectivity index (χ2v) is 11.0. The standard InChI is InChI=1S/C25H26N6S3/c1-5-19(30(3)4)22-28-29-25(31(22)14-17-10-7-6-8-11-17)34-24-21-18(20-12-9-13-32-20)15-33-23(21)26-16(2)27-24/h6-13,15,19H,5,14H2,1-4H3. The number of benzene rings is 1. The summed E-state index contributed by atoms with van der Waals surface area (Å²) < 4.78 is 2.24. The quantitative estimate of drug-likeness (QED) is 0.223. The van der Waals surface area contributed by atoms with Crippen LogP contribution in [0, 0.1) is 6.92 Å². The highest BCUT2D eigenvalue weighted by molar-refractivity contribution is 7.99. The zero-order valence-electron chi connectivity index (χ0n) is 19.6. The molecule has 0 radical (unpaired) electrons. The van der Waals surface area contributed by atoms with Gasteiger partial charge in [-0.05, 0) is 56.2 Å². The predicted octanol–water partition coefficient (Wildman–Crippen LogP) is 6.53. The van der Waals surface area contributed by atoms with Gasteiger partial charge in [0.05, 0.1) is 18.0 Å². The first-order chi connectivity index (χ1) is 16.5. The van der Waals surface area contributed by atoms with E-state index in [4.69, 9.17) is 9.97 Å². The van der Waals surface area contributed by atoms with E-state index in [0.29, 0.717) is 6.54 Å². The van der Waals surface area contributed by atoms with Crippen LogP contribution < -0.4 is 0 Å². The summed E-state index contributed by atoms with van der Waals surface area (Å²) >= 11 is 4.99. The lowest BCUT2D eigenvalue weighted by Gasteiger charge is -2.23. The second-order valence-electron chi connectivity index (χ2n) is 8.29. The van der Waals surface area contributed by atoms with Crippen LogP contribution in [0.25, 0.3) is 20.7 Å². The first-order valence-corrected chi connectivity index (χ1v) is 13.7. The van der Waals surface area contributed by atoms with Gasteiger partial charge < -0.3 is 0 Å². The van der Waals surface area contributed by atoms with Gasteiger partial charge in [-0.15, -0.1) is 32.9 Å². The summed E-state index contributed by atoms with van der Waals surface area (Å²) in [5.74, 6) is 1.74. The van der Waals surface area contributed by atoms with Gasteiger partial charge in [0.25, 0.3) is 0 Å². The molecule has 1 atom stereocenters. The van der Waals surface area contributed by atoms with E-state index in [1.807, 2.05) is 13.0 Å². The Kier molecular flexibility index (Phi) is 6.78. The van der Waals surface area contributed by atoms with E-state index < -0.39 is 0 Å². The third kappa shape index (κ3) is 4.53. The van der Waals surface area contributed by atoms with Gasteiger partial charge >= 0.3 is 0 Å². The summed E-state index contributed by atoms with van der Waals surface area (Å²) in [6.07, 6.45) is 0.953. The Hall–Kier alpha value is -2.59. The van der Waals surface area contributed by atoms with Crippen LogP contribution in [0.1, 0.15) is 36.6 Å². The van der Waals surface area contributed by atoms with Crippen molar-refractivity contribution in [2.45, 2.75) is 43.0 Å². The summed E-state index contributed by atoms with van der Waals surface area (Å²) in [4.78, 5) is 14.0. The first-order valence-electron chi connectivity index (χ1n) is 11.2. The zero-order valence-corrected chi connectivity index (χ0v) is 22.0. The van der Waals surface area contributed by atoms with Crippen molar-refractivity contribution in [3.05, 3.63) is 70.4 Å². The van der Waals surface area contributed by atoms with Crippen LogP contribution in [-0.2, 0) is 6.54 Å². The molecular weight excluding hydrogens is 481 g/mol. The van der Waals surface area contributed by atoms with Gasteiger partial charge in [0.2, 0.25) is 0 Å². The Balaban J connectivity index is 1.62. The first kappa shape index (κ1) is 23.2.